The molecule has 0 aromatic carbocycles. The fourth-order valence-electron chi connectivity index (χ4n) is 3.79. The minimum atomic E-state index is -4.80. The maximum Gasteiger partial charge on any atom is 0.435 e. The van der Waals surface area contributed by atoms with Gasteiger partial charge in [0.2, 0.25) is 5.92 Å². The molecule has 0 saturated heterocycles. The molecule has 0 radical (unpaired) electrons. The van der Waals surface area contributed by atoms with Crippen LogP contribution in [-0.2, 0) is 12.4 Å². The van der Waals surface area contributed by atoms with Crippen molar-refractivity contribution in [2.75, 3.05) is 23.7 Å². The van der Waals surface area contributed by atoms with Gasteiger partial charge in [-0.05, 0) is 49.2 Å². The van der Waals surface area contributed by atoms with E-state index in [2.05, 4.69) is 30.6 Å². The third kappa shape index (κ3) is 10.8. The highest BCUT2D eigenvalue weighted by atomic mass is 19.4. The van der Waals surface area contributed by atoms with E-state index in [0.29, 0.717) is 13.5 Å². The minimum Gasteiger partial charge on any atom is -0.383 e. The molecule has 248 valence electrons. The lowest BCUT2D eigenvalue weighted by Gasteiger charge is -2.16. The summed E-state index contributed by atoms with van der Waals surface area (Å²) in [7, 11) is 0. The molecule has 4 heterocycles. The second-order valence-electron chi connectivity index (χ2n) is 10.5. The summed E-state index contributed by atoms with van der Waals surface area (Å²) in [6.07, 6.45) is -5.69. The molecule has 0 unspecified atom stereocenters. The van der Waals surface area contributed by atoms with Crippen LogP contribution in [0.3, 0.4) is 0 Å². The summed E-state index contributed by atoms with van der Waals surface area (Å²) in [4.78, 5) is 14.3. The van der Waals surface area contributed by atoms with Crippen molar-refractivity contribution in [2.24, 2.45) is 5.92 Å². The van der Waals surface area contributed by atoms with Crippen LogP contribution < -0.4 is 10.6 Å². The summed E-state index contributed by atoms with van der Waals surface area (Å²) in [5, 5.41) is 5.05. The summed E-state index contributed by atoms with van der Waals surface area (Å²) in [6.45, 7) is 4.50. The zero-order valence-corrected chi connectivity index (χ0v) is 24.5. The highest BCUT2D eigenvalue weighted by Crippen LogP contribution is 2.36. The molecule has 0 aliphatic heterocycles. The number of hydrogen-bond donors (Lipinski definition) is 2. The number of nitrogens with one attached hydrogen (secondary N) is 2. The first kappa shape index (κ1) is 36.0. The normalized spacial score (nSPS) is 12.0. The summed E-state index contributed by atoms with van der Waals surface area (Å²) >= 11 is 0. The zero-order chi connectivity index (χ0) is 34.3. The number of anilines is 2. The third-order valence-corrected chi connectivity index (χ3v) is 5.91. The van der Waals surface area contributed by atoms with Crippen molar-refractivity contribution in [1.82, 2.24) is 19.9 Å². The van der Waals surface area contributed by atoms with Crippen LogP contribution in [0.15, 0.2) is 61.2 Å². The number of pyridine rings is 4. The van der Waals surface area contributed by atoms with Crippen LogP contribution in [0.25, 0.3) is 22.5 Å². The van der Waals surface area contributed by atoms with Gasteiger partial charge in [0.25, 0.3) is 0 Å². The summed E-state index contributed by atoms with van der Waals surface area (Å²) < 4.78 is 131. The van der Waals surface area contributed by atoms with Gasteiger partial charge in [-0.25, -0.2) is 27.5 Å². The van der Waals surface area contributed by atoms with Gasteiger partial charge >= 0.3 is 12.4 Å². The van der Waals surface area contributed by atoms with Crippen molar-refractivity contribution in [3.63, 3.8) is 0 Å². The van der Waals surface area contributed by atoms with E-state index in [-0.39, 0.29) is 40.7 Å². The molecule has 0 saturated carbocycles. The number of alkyl halides is 8. The largest absolute Gasteiger partial charge is 0.435 e. The Morgan fingerprint density at radius 1 is 0.652 bits per heavy atom. The Morgan fingerprint density at radius 2 is 1.09 bits per heavy atom. The summed E-state index contributed by atoms with van der Waals surface area (Å²) in [5.74, 6) is -4.15. The topological polar surface area (TPSA) is 75.6 Å². The third-order valence-electron chi connectivity index (χ3n) is 5.91. The molecule has 6 nitrogen and oxygen atoms in total. The van der Waals surface area contributed by atoms with Gasteiger partial charge in [0.15, 0.2) is 11.4 Å². The highest BCUT2D eigenvalue weighted by Gasteiger charge is 2.37. The fraction of sp³-hybridized carbons (Fsp3) is 0.333. The second kappa shape index (κ2) is 14.7. The Hall–Kier alpha value is -4.50. The van der Waals surface area contributed by atoms with Gasteiger partial charge in [0.1, 0.15) is 11.6 Å². The van der Waals surface area contributed by atoms with E-state index in [1.807, 2.05) is 13.8 Å². The zero-order valence-electron chi connectivity index (χ0n) is 24.5. The van der Waals surface area contributed by atoms with E-state index in [4.69, 9.17) is 0 Å². The van der Waals surface area contributed by atoms with Crippen molar-refractivity contribution in [3.05, 3.63) is 84.2 Å². The predicted octanol–water partition coefficient (Wildman–Crippen LogP) is 9.13. The van der Waals surface area contributed by atoms with Gasteiger partial charge in [-0.3, -0.25) is 9.97 Å². The van der Waals surface area contributed by atoms with Gasteiger partial charge < -0.3 is 10.6 Å². The number of halogens is 10. The quantitative estimate of drug-likeness (QED) is 0.174. The molecule has 0 bridgehead atoms. The van der Waals surface area contributed by atoms with Crippen molar-refractivity contribution in [3.8, 4) is 22.5 Å². The molecule has 4 aromatic heterocycles. The summed E-state index contributed by atoms with van der Waals surface area (Å²) in [6, 6.07) is 7.12. The Kier molecular flexibility index (Phi) is 11.5. The first-order chi connectivity index (χ1) is 21.3. The highest BCUT2D eigenvalue weighted by molar-refractivity contribution is 5.63. The molecule has 46 heavy (non-hydrogen) atoms. The molecule has 0 spiro atoms. The van der Waals surface area contributed by atoms with Crippen molar-refractivity contribution in [2.45, 2.75) is 45.5 Å². The van der Waals surface area contributed by atoms with E-state index in [0.717, 1.165) is 30.6 Å². The molecule has 0 aliphatic carbocycles. The minimum absolute atomic E-state index is 0.0226. The maximum absolute atomic E-state index is 13.2. The van der Waals surface area contributed by atoms with Gasteiger partial charge in [-0.2, -0.15) is 26.3 Å². The number of aromatic nitrogens is 4. The van der Waals surface area contributed by atoms with E-state index in [9.17, 15) is 43.9 Å². The van der Waals surface area contributed by atoms with Crippen LogP contribution >= 0.6 is 0 Å². The molecule has 4 rings (SSSR count). The van der Waals surface area contributed by atoms with Gasteiger partial charge in [-0.1, -0.05) is 13.8 Å². The average molecular weight is 663 g/mol. The smallest absolute Gasteiger partial charge is 0.383 e. The molecule has 4 aromatic rings. The molecule has 0 amide bonds. The average Bonchev–Trinajstić information content (AvgIpc) is 2.95. The standard InChI is InChI=1S/C15H13F6N3.C15H15F4N3/c1-14(17,18)4-5-23-12-3-2-11(24-13(12)15(19,20)21)9-6-10(16)8-22-7-9;1-9(2)6-21-13-4-3-12(22-14(13)15(17,18)19)10-5-11(16)8-20-7-10/h2-3,6-8,23H,4-5H2,1H3;3-5,7-9,21H,6H2,1-2H3. The van der Waals surface area contributed by atoms with Crippen LogP contribution in [0.1, 0.15) is 38.6 Å². The fourth-order valence-corrected chi connectivity index (χ4v) is 3.79. The molecular formula is C30H28F10N6. The molecule has 16 heteroatoms. The van der Waals surface area contributed by atoms with E-state index in [1.165, 1.54) is 30.6 Å². The van der Waals surface area contributed by atoms with Crippen molar-refractivity contribution in [1.29, 1.82) is 0 Å². The predicted molar refractivity (Wildman–Crippen MR) is 152 cm³/mol. The Morgan fingerprint density at radius 3 is 1.46 bits per heavy atom. The lowest BCUT2D eigenvalue weighted by Crippen LogP contribution is -2.19. The Labute approximate surface area is 257 Å². The maximum atomic E-state index is 13.2. The van der Waals surface area contributed by atoms with Crippen molar-refractivity contribution >= 4 is 11.4 Å². The molecule has 0 fully saturated rings. The Bertz CT molecular complexity index is 1600. The van der Waals surface area contributed by atoms with Gasteiger partial charge in [0, 0.05) is 43.0 Å². The van der Waals surface area contributed by atoms with Crippen LogP contribution in [0.4, 0.5) is 55.3 Å². The number of hydrogen-bond acceptors (Lipinski definition) is 6. The first-order valence-electron chi connectivity index (χ1n) is 13.6. The number of nitrogens with zero attached hydrogens (tertiary/aromatic N) is 4. The van der Waals surface area contributed by atoms with Gasteiger partial charge in [0.05, 0.1) is 35.2 Å². The lowest BCUT2D eigenvalue weighted by molar-refractivity contribution is -0.141. The summed E-state index contributed by atoms with van der Waals surface area (Å²) in [5.41, 5.74) is -2.61. The monoisotopic (exact) mass is 662 g/mol. The van der Waals surface area contributed by atoms with Crippen LogP contribution in [0.5, 0.6) is 0 Å². The van der Waals surface area contributed by atoms with Crippen LogP contribution in [-0.4, -0.2) is 38.9 Å². The van der Waals surface area contributed by atoms with Crippen LogP contribution in [0, 0.1) is 17.6 Å². The molecule has 2 N–H and O–H groups in total. The SMILES string of the molecule is CC(C)CNc1ccc(-c2cncc(F)c2)nc1C(F)(F)F.CC(F)(F)CCNc1ccc(-c2cncc(F)c2)nc1C(F)(F)F. The van der Waals surface area contributed by atoms with Crippen molar-refractivity contribution < 1.29 is 43.9 Å². The van der Waals surface area contributed by atoms with Gasteiger partial charge in [-0.15, -0.1) is 0 Å². The molecule has 0 atom stereocenters. The van der Waals surface area contributed by atoms with E-state index < -0.39 is 53.4 Å². The number of rotatable bonds is 9. The Balaban J connectivity index is 0.000000251. The second-order valence-corrected chi connectivity index (χ2v) is 10.5. The molecular weight excluding hydrogens is 634 g/mol. The first-order valence-corrected chi connectivity index (χ1v) is 13.6. The lowest BCUT2D eigenvalue weighted by atomic mass is 10.1. The van der Waals surface area contributed by atoms with E-state index >= 15 is 0 Å². The molecule has 0 aliphatic rings. The van der Waals surface area contributed by atoms with Crippen LogP contribution in [0.2, 0.25) is 0 Å². The van der Waals surface area contributed by atoms with E-state index in [1.54, 1.807) is 0 Å².